The van der Waals surface area contributed by atoms with Crippen LogP contribution in [0.2, 0.25) is 0 Å². The molecule has 6 nitrogen and oxygen atoms in total. The van der Waals surface area contributed by atoms with Gasteiger partial charge in [0, 0.05) is 37.9 Å². The van der Waals surface area contributed by atoms with Crippen molar-refractivity contribution in [3.8, 4) is 0 Å². The number of amides is 1. The van der Waals surface area contributed by atoms with Gasteiger partial charge in [0.25, 0.3) is 0 Å². The molecule has 1 amide bonds. The topological polar surface area (TPSA) is 79.4 Å². The van der Waals surface area contributed by atoms with E-state index in [0.29, 0.717) is 32.5 Å². The molecule has 1 N–H and O–H groups in total. The van der Waals surface area contributed by atoms with E-state index in [1.54, 1.807) is 12.1 Å². The van der Waals surface area contributed by atoms with E-state index < -0.39 is 10.0 Å². The molecular weight excluding hydrogens is 290 g/mol. The average molecular weight is 309 g/mol. The zero-order valence-electron chi connectivity index (χ0n) is 11.7. The molecule has 0 aliphatic carbocycles. The Morgan fingerprint density at radius 2 is 2.19 bits per heavy atom. The van der Waals surface area contributed by atoms with Crippen molar-refractivity contribution in [2.75, 3.05) is 19.6 Å². The number of aromatic nitrogens is 1. The average Bonchev–Trinajstić information content (AvgIpc) is 2.53. The zero-order valence-corrected chi connectivity index (χ0v) is 12.6. The molecule has 0 atom stereocenters. The van der Waals surface area contributed by atoms with Gasteiger partial charge in [0.05, 0.1) is 0 Å². The summed E-state index contributed by atoms with van der Waals surface area (Å²) in [7, 11) is -3.51. The Morgan fingerprint density at radius 3 is 2.76 bits per heavy atom. The summed E-state index contributed by atoms with van der Waals surface area (Å²) in [5.74, 6) is -0.168. The van der Waals surface area contributed by atoms with Crippen LogP contribution in [0.15, 0.2) is 42.1 Å². The second kappa shape index (κ2) is 6.82. The van der Waals surface area contributed by atoms with Gasteiger partial charge in [-0.15, -0.1) is 6.58 Å². The SMILES string of the molecule is C=CCNC(=O)C1CCN(S(=O)(=O)c2cccnc2)CC1. The van der Waals surface area contributed by atoms with E-state index in [1.165, 1.54) is 22.8 Å². The third-order valence-electron chi connectivity index (χ3n) is 3.52. The van der Waals surface area contributed by atoms with Gasteiger partial charge < -0.3 is 5.32 Å². The molecule has 21 heavy (non-hydrogen) atoms. The number of hydrogen-bond acceptors (Lipinski definition) is 4. The quantitative estimate of drug-likeness (QED) is 0.815. The molecule has 0 radical (unpaired) electrons. The van der Waals surface area contributed by atoms with Gasteiger partial charge in [-0.25, -0.2) is 8.42 Å². The maximum Gasteiger partial charge on any atom is 0.244 e. The van der Waals surface area contributed by atoms with E-state index in [2.05, 4.69) is 16.9 Å². The fraction of sp³-hybridized carbons (Fsp3) is 0.429. The lowest BCUT2D eigenvalue weighted by atomic mass is 9.97. The summed E-state index contributed by atoms with van der Waals surface area (Å²) in [6.45, 7) is 4.69. The van der Waals surface area contributed by atoms with Gasteiger partial charge in [-0.3, -0.25) is 9.78 Å². The zero-order chi connectivity index (χ0) is 15.3. The van der Waals surface area contributed by atoms with Crippen LogP contribution in [0.5, 0.6) is 0 Å². The van der Waals surface area contributed by atoms with Crippen molar-refractivity contribution in [3.05, 3.63) is 37.2 Å². The minimum Gasteiger partial charge on any atom is -0.352 e. The maximum absolute atomic E-state index is 12.4. The number of carbonyl (C=O) groups is 1. The Hall–Kier alpha value is -1.73. The Kier molecular flexibility index (Phi) is 5.08. The molecule has 0 unspecified atom stereocenters. The number of nitrogens with zero attached hydrogens (tertiary/aromatic N) is 2. The van der Waals surface area contributed by atoms with E-state index >= 15 is 0 Å². The van der Waals surface area contributed by atoms with E-state index in [4.69, 9.17) is 0 Å². The molecule has 2 rings (SSSR count). The Morgan fingerprint density at radius 1 is 1.48 bits per heavy atom. The van der Waals surface area contributed by atoms with Crippen molar-refractivity contribution in [1.29, 1.82) is 0 Å². The van der Waals surface area contributed by atoms with Crippen LogP contribution in [-0.2, 0) is 14.8 Å². The van der Waals surface area contributed by atoms with Crippen LogP contribution in [-0.4, -0.2) is 43.2 Å². The summed E-state index contributed by atoms with van der Waals surface area (Å²) < 4.78 is 26.2. The van der Waals surface area contributed by atoms with E-state index in [-0.39, 0.29) is 16.7 Å². The lowest BCUT2D eigenvalue weighted by molar-refractivity contribution is -0.125. The molecule has 114 valence electrons. The molecule has 1 aliphatic rings. The second-order valence-corrected chi connectivity index (χ2v) is 6.84. The van der Waals surface area contributed by atoms with Gasteiger partial charge in [-0.2, -0.15) is 4.31 Å². The lowest BCUT2D eigenvalue weighted by Crippen LogP contribution is -2.43. The minimum absolute atomic E-state index is 0.0340. The van der Waals surface area contributed by atoms with Crippen LogP contribution in [0.4, 0.5) is 0 Å². The summed E-state index contributed by atoms with van der Waals surface area (Å²) in [5, 5.41) is 2.75. The molecule has 1 aromatic rings. The minimum atomic E-state index is -3.51. The lowest BCUT2D eigenvalue weighted by Gasteiger charge is -2.30. The summed E-state index contributed by atoms with van der Waals surface area (Å²) in [5.41, 5.74) is 0. The molecule has 2 heterocycles. The van der Waals surface area contributed by atoms with Gasteiger partial charge in [0.2, 0.25) is 15.9 Å². The molecule has 0 spiro atoms. The second-order valence-electron chi connectivity index (χ2n) is 4.90. The van der Waals surface area contributed by atoms with E-state index in [1.807, 2.05) is 0 Å². The molecule has 7 heteroatoms. The monoisotopic (exact) mass is 309 g/mol. The highest BCUT2D eigenvalue weighted by molar-refractivity contribution is 7.89. The molecule has 1 aliphatic heterocycles. The number of piperidine rings is 1. The van der Waals surface area contributed by atoms with Gasteiger partial charge in [-0.05, 0) is 25.0 Å². The largest absolute Gasteiger partial charge is 0.352 e. The summed E-state index contributed by atoms with van der Waals surface area (Å²) >= 11 is 0. The van der Waals surface area contributed by atoms with Crippen molar-refractivity contribution in [1.82, 2.24) is 14.6 Å². The number of carbonyl (C=O) groups excluding carboxylic acids is 1. The summed E-state index contributed by atoms with van der Waals surface area (Å²) in [4.78, 5) is 15.9. The third-order valence-corrected chi connectivity index (χ3v) is 5.40. The molecule has 1 fully saturated rings. The van der Waals surface area contributed by atoms with Crippen LogP contribution >= 0.6 is 0 Å². The van der Waals surface area contributed by atoms with Crippen molar-refractivity contribution >= 4 is 15.9 Å². The summed E-state index contributed by atoms with van der Waals surface area (Å²) in [6, 6.07) is 3.13. The Balaban J connectivity index is 1.98. The highest BCUT2D eigenvalue weighted by Crippen LogP contribution is 2.23. The highest BCUT2D eigenvalue weighted by Gasteiger charge is 2.31. The molecule has 0 aromatic carbocycles. The van der Waals surface area contributed by atoms with Crippen LogP contribution in [0.1, 0.15) is 12.8 Å². The maximum atomic E-state index is 12.4. The number of hydrogen-bond donors (Lipinski definition) is 1. The van der Waals surface area contributed by atoms with Gasteiger partial charge in [0.15, 0.2) is 0 Å². The van der Waals surface area contributed by atoms with Crippen molar-refractivity contribution in [2.45, 2.75) is 17.7 Å². The normalized spacial score (nSPS) is 17.3. The predicted molar refractivity (Wildman–Crippen MR) is 78.9 cm³/mol. The number of rotatable bonds is 5. The highest BCUT2D eigenvalue weighted by atomic mass is 32.2. The van der Waals surface area contributed by atoms with Crippen LogP contribution in [0, 0.1) is 5.92 Å². The third kappa shape index (κ3) is 3.68. The number of pyridine rings is 1. The van der Waals surface area contributed by atoms with Crippen LogP contribution in [0.3, 0.4) is 0 Å². The molecule has 1 saturated heterocycles. The molecule has 1 aromatic heterocycles. The van der Waals surface area contributed by atoms with E-state index in [9.17, 15) is 13.2 Å². The fourth-order valence-corrected chi connectivity index (χ4v) is 3.76. The number of sulfonamides is 1. The molecular formula is C14H19N3O3S. The first-order chi connectivity index (χ1) is 10.1. The van der Waals surface area contributed by atoms with Crippen molar-refractivity contribution in [2.24, 2.45) is 5.92 Å². The first-order valence-corrected chi connectivity index (χ1v) is 8.28. The van der Waals surface area contributed by atoms with Crippen LogP contribution < -0.4 is 5.32 Å². The first kappa shape index (κ1) is 15.7. The van der Waals surface area contributed by atoms with E-state index in [0.717, 1.165) is 0 Å². The molecule has 0 saturated carbocycles. The van der Waals surface area contributed by atoms with Crippen molar-refractivity contribution in [3.63, 3.8) is 0 Å². The van der Waals surface area contributed by atoms with Gasteiger partial charge >= 0.3 is 0 Å². The van der Waals surface area contributed by atoms with Crippen LogP contribution in [0.25, 0.3) is 0 Å². The first-order valence-electron chi connectivity index (χ1n) is 6.84. The predicted octanol–water partition coefficient (Wildman–Crippen LogP) is 0.784. The Bertz CT molecular complexity index is 593. The molecule has 0 bridgehead atoms. The summed E-state index contributed by atoms with van der Waals surface area (Å²) in [6.07, 6.45) is 5.57. The Labute approximate surface area is 124 Å². The standard InChI is InChI=1S/C14H19N3O3S/c1-2-7-16-14(18)12-5-9-17(10-6-12)21(19,20)13-4-3-8-15-11-13/h2-4,8,11-12H,1,5-7,9-10H2,(H,16,18). The fourth-order valence-electron chi connectivity index (χ4n) is 2.32. The van der Waals surface area contributed by atoms with Crippen molar-refractivity contribution < 1.29 is 13.2 Å². The van der Waals surface area contributed by atoms with Gasteiger partial charge in [-0.1, -0.05) is 6.08 Å². The number of nitrogens with one attached hydrogen (secondary N) is 1. The van der Waals surface area contributed by atoms with Gasteiger partial charge in [0.1, 0.15) is 4.90 Å². The smallest absolute Gasteiger partial charge is 0.244 e.